The molecule has 0 saturated heterocycles. The van der Waals surface area contributed by atoms with Gasteiger partial charge in [-0.2, -0.15) is 0 Å². The molecule has 0 saturated carbocycles. The Kier molecular flexibility index (Phi) is 5.04. The second kappa shape index (κ2) is 6.35. The molecule has 0 fully saturated rings. The lowest BCUT2D eigenvalue weighted by atomic mass is 10.3. The molecular weight excluding hydrogens is 208 g/mol. The Balaban J connectivity index is 2.42. The highest BCUT2D eigenvalue weighted by Gasteiger charge is 2.08. The lowest BCUT2D eigenvalue weighted by molar-refractivity contribution is 0.238. The van der Waals surface area contributed by atoms with Crippen molar-refractivity contribution in [2.75, 3.05) is 11.9 Å². The molecule has 3 nitrogen and oxygen atoms in total. The average Bonchev–Trinajstić information content (AvgIpc) is 2.27. The summed E-state index contributed by atoms with van der Waals surface area (Å²) in [6.45, 7) is 2.75. The van der Waals surface area contributed by atoms with Crippen molar-refractivity contribution < 1.29 is 4.79 Å². The molecule has 0 spiro atoms. The fourth-order valence-electron chi connectivity index (χ4n) is 1.12. The van der Waals surface area contributed by atoms with Crippen LogP contribution in [-0.4, -0.2) is 16.9 Å². The van der Waals surface area contributed by atoms with Gasteiger partial charge in [0, 0.05) is 12.2 Å². The monoisotopic (exact) mass is 224 g/mol. The Morgan fingerprint density at radius 2 is 2.07 bits per heavy atom. The number of benzene rings is 1. The lowest BCUT2D eigenvalue weighted by Gasteiger charge is -2.15. The summed E-state index contributed by atoms with van der Waals surface area (Å²) in [5, 5.41) is 2.76. The summed E-state index contributed by atoms with van der Waals surface area (Å²) in [5.41, 5.74) is 0.790. The second-order valence-corrected chi connectivity index (χ2v) is 3.76. The minimum Gasteiger partial charge on any atom is -0.307 e. The van der Waals surface area contributed by atoms with E-state index in [1.165, 1.54) is 4.31 Å². The van der Waals surface area contributed by atoms with Crippen molar-refractivity contribution >= 4 is 24.5 Å². The molecule has 0 atom stereocenters. The van der Waals surface area contributed by atoms with Crippen LogP contribution in [0.2, 0.25) is 0 Å². The molecule has 0 aliphatic heterocycles. The minimum absolute atomic E-state index is 0.182. The molecule has 82 valence electrons. The number of urea groups is 1. The highest BCUT2D eigenvalue weighted by atomic mass is 32.1. The molecule has 1 rings (SSSR count). The van der Waals surface area contributed by atoms with Crippen LogP contribution in [0.1, 0.15) is 19.8 Å². The number of para-hydroxylation sites is 1. The maximum absolute atomic E-state index is 11.6. The molecule has 0 unspecified atom stereocenters. The predicted octanol–water partition coefficient (Wildman–Crippen LogP) is 3.17. The number of hydrogen-bond acceptors (Lipinski definition) is 2. The highest BCUT2D eigenvalue weighted by molar-refractivity contribution is 7.78. The van der Waals surface area contributed by atoms with E-state index in [1.807, 2.05) is 30.3 Å². The van der Waals surface area contributed by atoms with Crippen LogP contribution in [0, 0.1) is 0 Å². The van der Waals surface area contributed by atoms with E-state index in [0.29, 0.717) is 6.54 Å². The van der Waals surface area contributed by atoms with Crippen LogP contribution in [0.5, 0.6) is 0 Å². The molecule has 1 aromatic rings. The van der Waals surface area contributed by atoms with Gasteiger partial charge in [0.05, 0.1) is 0 Å². The largest absolute Gasteiger partial charge is 0.331 e. The van der Waals surface area contributed by atoms with Crippen molar-refractivity contribution in [2.24, 2.45) is 0 Å². The van der Waals surface area contributed by atoms with Gasteiger partial charge in [-0.1, -0.05) is 44.4 Å². The molecule has 2 amide bonds. The van der Waals surface area contributed by atoms with Crippen LogP contribution >= 0.6 is 12.8 Å². The number of unbranched alkanes of at least 4 members (excludes halogenated alkanes) is 1. The van der Waals surface area contributed by atoms with Gasteiger partial charge in [-0.25, -0.2) is 4.79 Å². The summed E-state index contributed by atoms with van der Waals surface area (Å²) in [5.74, 6) is 0. The predicted molar refractivity (Wildman–Crippen MR) is 66.1 cm³/mol. The van der Waals surface area contributed by atoms with E-state index in [-0.39, 0.29) is 6.03 Å². The highest BCUT2D eigenvalue weighted by Crippen LogP contribution is 2.08. The summed E-state index contributed by atoms with van der Waals surface area (Å²) in [4.78, 5) is 11.6. The van der Waals surface area contributed by atoms with Gasteiger partial charge in [-0.05, 0) is 18.6 Å². The maximum atomic E-state index is 11.6. The van der Waals surface area contributed by atoms with Crippen LogP contribution in [0.4, 0.5) is 10.5 Å². The van der Waals surface area contributed by atoms with Crippen LogP contribution in [0.25, 0.3) is 0 Å². The van der Waals surface area contributed by atoms with Crippen molar-refractivity contribution in [1.29, 1.82) is 0 Å². The first kappa shape index (κ1) is 11.9. The average molecular weight is 224 g/mol. The topological polar surface area (TPSA) is 32.3 Å². The number of anilines is 1. The van der Waals surface area contributed by atoms with E-state index in [0.717, 1.165) is 18.5 Å². The first-order valence-electron chi connectivity index (χ1n) is 5.06. The van der Waals surface area contributed by atoms with Gasteiger partial charge < -0.3 is 5.32 Å². The number of rotatable bonds is 4. The molecule has 1 aromatic carbocycles. The number of carbonyl (C=O) groups is 1. The Labute approximate surface area is 96.0 Å². The zero-order valence-corrected chi connectivity index (χ0v) is 9.71. The Bertz CT molecular complexity index is 303. The molecule has 1 N–H and O–H groups in total. The van der Waals surface area contributed by atoms with Gasteiger partial charge in [0.2, 0.25) is 0 Å². The van der Waals surface area contributed by atoms with Crippen LogP contribution in [-0.2, 0) is 0 Å². The van der Waals surface area contributed by atoms with Gasteiger partial charge in [0.25, 0.3) is 0 Å². The quantitative estimate of drug-likeness (QED) is 0.756. The third-order valence-electron chi connectivity index (χ3n) is 1.98. The molecule has 0 aromatic heterocycles. The molecular formula is C11H16N2OS. The standard InChI is InChI=1S/C11H16N2OS/c1-2-3-9-13(15)11(14)12-10-7-5-4-6-8-10/h4-8,15H,2-3,9H2,1H3,(H,12,14). The summed E-state index contributed by atoms with van der Waals surface area (Å²) in [6.07, 6.45) is 2.02. The van der Waals surface area contributed by atoms with Crippen molar-refractivity contribution in [2.45, 2.75) is 19.8 Å². The number of amides is 2. The number of nitrogens with one attached hydrogen (secondary N) is 1. The number of thiol groups is 1. The third kappa shape index (κ3) is 4.25. The van der Waals surface area contributed by atoms with Crippen molar-refractivity contribution in [3.8, 4) is 0 Å². The molecule has 0 heterocycles. The second-order valence-electron chi connectivity index (χ2n) is 3.27. The van der Waals surface area contributed by atoms with E-state index in [1.54, 1.807) is 0 Å². The van der Waals surface area contributed by atoms with Crippen LogP contribution in [0.15, 0.2) is 30.3 Å². The fourth-order valence-corrected chi connectivity index (χ4v) is 1.31. The van der Waals surface area contributed by atoms with E-state index < -0.39 is 0 Å². The van der Waals surface area contributed by atoms with Crippen LogP contribution < -0.4 is 5.32 Å². The molecule has 0 aliphatic carbocycles. The van der Waals surface area contributed by atoms with E-state index >= 15 is 0 Å². The van der Waals surface area contributed by atoms with E-state index in [2.05, 4.69) is 25.1 Å². The van der Waals surface area contributed by atoms with E-state index in [9.17, 15) is 4.79 Å². The smallest absolute Gasteiger partial charge is 0.307 e. The van der Waals surface area contributed by atoms with Gasteiger partial charge in [0.1, 0.15) is 0 Å². The van der Waals surface area contributed by atoms with Crippen molar-refractivity contribution in [3.05, 3.63) is 30.3 Å². The Morgan fingerprint density at radius 1 is 1.40 bits per heavy atom. The number of nitrogens with zero attached hydrogens (tertiary/aromatic N) is 1. The third-order valence-corrected chi connectivity index (χ3v) is 2.36. The normalized spacial score (nSPS) is 9.73. The number of carbonyl (C=O) groups excluding carboxylic acids is 1. The lowest BCUT2D eigenvalue weighted by Crippen LogP contribution is -2.27. The molecule has 0 radical (unpaired) electrons. The fraction of sp³-hybridized carbons (Fsp3) is 0.364. The summed E-state index contributed by atoms with van der Waals surface area (Å²) in [7, 11) is 0. The molecule has 15 heavy (non-hydrogen) atoms. The first-order valence-corrected chi connectivity index (χ1v) is 5.46. The first-order chi connectivity index (χ1) is 7.24. The Hall–Kier alpha value is -1.16. The van der Waals surface area contributed by atoms with Crippen molar-refractivity contribution in [1.82, 2.24) is 4.31 Å². The maximum Gasteiger partial charge on any atom is 0.331 e. The van der Waals surface area contributed by atoms with Gasteiger partial charge in [-0.15, -0.1) is 0 Å². The summed E-state index contributed by atoms with van der Waals surface area (Å²) < 4.78 is 1.40. The van der Waals surface area contributed by atoms with Crippen LogP contribution in [0.3, 0.4) is 0 Å². The van der Waals surface area contributed by atoms with Gasteiger partial charge in [0.15, 0.2) is 0 Å². The minimum atomic E-state index is -0.182. The van der Waals surface area contributed by atoms with Gasteiger partial charge in [-0.3, -0.25) is 4.31 Å². The molecule has 0 bridgehead atoms. The molecule has 0 aliphatic rings. The van der Waals surface area contributed by atoms with Crippen molar-refractivity contribution in [3.63, 3.8) is 0 Å². The summed E-state index contributed by atoms with van der Waals surface area (Å²) >= 11 is 4.11. The zero-order chi connectivity index (χ0) is 11.1. The van der Waals surface area contributed by atoms with Gasteiger partial charge >= 0.3 is 6.03 Å². The summed E-state index contributed by atoms with van der Waals surface area (Å²) in [6, 6.07) is 9.18. The zero-order valence-electron chi connectivity index (χ0n) is 8.81. The molecule has 4 heteroatoms. The number of hydrogen-bond donors (Lipinski definition) is 2. The Morgan fingerprint density at radius 3 is 2.67 bits per heavy atom. The van der Waals surface area contributed by atoms with E-state index in [4.69, 9.17) is 0 Å². The SMILES string of the molecule is CCCCN(S)C(=O)Nc1ccccc1.